The van der Waals surface area contributed by atoms with E-state index in [4.69, 9.17) is 4.74 Å². The lowest BCUT2D eigenvalue weighted by Gasteiger charge is -2.19. The van der Waals surface area contributed by atoms with Gasteiger partial charge in [-0.1, -0.05) is 25.5 Å². The third-order valence-electron chi connectivity index (χ3n) is 4.02. The van der Waals surface area contributed by atoms with Crippen LogP contribution in [0.2, 0.25) is 0 Å². The summed E-state index contributed by atoms with van der Waals surface area (Å²) in [6.07, 6.45) is 2.08. The fraction of sp³-hybridized carbons (Fsp3) is 0.500. The lowest BCUT2D eigenvalue weighted by Crippen LogP contribution is -2.33. The first-order chi connectivity index (χ1) is 11.6. The second kappa shape index (κ2) is 8.47. The monoisotopic (exact) mass is 332 g/mol. The Hall–Kier alpha value is -2.37. The molecule has 1 aromatic carbocycles. The Morgan fingerprint density at radius 3 is 2.75 bits per heavy atom. The second-order valence-electron chi connectivity index (χ2n) is 5.79. The molecule has 130 valence electrons. The first kappa shape index (κ1) is 18.0. The predicted octanol–water partition coefficient (Wildman–Crippen LogP) is 2.13. The summed E-state index contributed by atoms with van der Waals surface area (Å²) in [6.45, 7) is 4.97. The number of hydrogen-bond donors (Lipinski definition) is 1. The van der Waals surface area contributed by atoms with Gasteiger partial charge in [-0.05, 0) is 25.5 Å². The highest BCUT2D eigenvalue weighted by Gasteiger charge is 2.36. The summed E-state index contributed by atoms with van der Waals surface area (Å²) in [4.78, 5) is 38.1. The van der Waals surface area contributed by atoms with Crippen molar-refractivity contribution in [1.82, 2.24) is 5.32 Å². The van der Waals surface area contributed by atoms with Gasteiger partial charge >= 0.3 is 5.97 Å². The predicted molar refractivity (Wildman–Crippen MR) is 90.8 cm³/mol. The molecule has 1 N–H and O–H groups in total. The van der Waals surface area contributed by atoms with Crippen molar-refractivity contribution in [3.05, 3.63) is 29.8 Å². The normalized spacial score (nSPS) is 17.0. The van der Waals surface area contributed by atoms with Gasteiger partial charge in [-0.2, -0.15) is 0 Å². The molecule has 1 aromatic rings. The minimum absolute atomic E-state index is 0.104. The van der Waals surface area contributed by atoms with E-state index in [1.807, 2.05) is 0 Å². The SMILES string of the molecule is CCCCNC(=O)C1CC(=O)N(c2ccccc2C(=O)OCC)C1. The Labute approximate surface area is 142 Å². The van der Waals surface area contributed by atoms with Gasteiger partial charge < -0.3 is 15.0 Å². The Kier molecular flexibility index (Phi) is 6.35. The first-order valence-electron chi connectivity index (χ1n) is 8.42. The molecule has 0 spiro atoms. The standard InChI is InChI=1S/C18H24N2O4/c1-3-5-10-19-17(22)13-11-16(21)20(12-13)15-9-7-6-8-14(15)18(23)24-4-2/h6-9,13H,3-5,10-12H2,1-2H3,(H,19,22). The van der Waals surface area contributed by atoms with Gasteiger partial charge in [0.05, 0.1) is 23.8 Å². The summed E-state index contributed by atoms with van der Waals surface area (Å²) in [6, 6.07) is 6.84. The van der Waals surface area contributed by atoms with Crippen LogP contribution in [0, 0.1) is 5.92 Å². The summed E-state index contributed by atoms with van der Waals surface area (Å²) in [7, 11) is 0. The molecular formula is C18H24N2O4. The van der Waals surface area contributed by atoms with Crippen LogP contribution in [0.25, 0.3) is 0 Å². The van der Waals surface area contributed by atoms with Crippen molar-refractivity contribution in [2.24, 2.45) is 5.92 Å². The van der Waals surface area contributed by atoms with Gasteiger partial charge in [0.25, 0.3) is 0 Å². The Morgan fingerprint density at radius 2 is 2.04 bits per heavy atom. The number of nitrogens with one attached hydrogen (secondary N) is 1. The number of benzene rings is 1. The van der Waals surface area contributed by atoms with Gasteiger partial charge in [0.1, 0.15) is 0 Å². The minimum Gasteiger partial charge on any atom is -0.462 e. The largest absolute Gasteiger partial charge is 0.462 e. The maximum atomic E-state index is 12.3. The van der Waals surface area contributed by atoms with Crippen LogP contribution in [0.4, 0.5) is 5.69 Å². The molecule has 0 saturated carbocycles. The van der Waals surface area contributed by atoms with Crippen molar-refractivity contribution in [3.63, 3.8) is 0 Å². The summed E-state index contributed by atoms with van der Waals surface area (Å²) < 4.78 is 5.05. The van der Waals surface area contributed by atoms with E-state index in [9.17, 15) is 14.4 Å². The highest BCUT2D eigenvalue weighted by atomic mass is 16.5. The van der Waals surface area contributed by atoms with Crippen molar-refractivity contribution in [3.8, 4) is 0 Å². The van der Waals surface area contributed by atoms with E-state index in [1.54, 1.807) is 31.2 Å². The quantitative estimate of drug-likeness (QED) is 0.613. The van der Waals surface area contributed by atoms with Crippen molar-refractivity contribution in [2.45, 2.75) is 33.1 Å². The number of esters is 1. The van der Waals surface area contributed by atoms with Crippen LogP contribution in [0.3, 0.4) is 0 Å². The summed E-state index contributed by atoms with van der Waals surface area (Å²) in [5.74, 6) is -1.10. The lowest BCUT2D eigenvalue weighted by atomic mass is 10.1. The smallest absolute Gasteiger partial charge is 0.340 e. The molecule has 2 amide bonds. The second-order valence-corrected chi connectivity index (χ2v) is 5.79. The average molecular weight is 332 g/mol. The van der Waals surface area contributed by atoms with E-state index in [1.165, 1.54) is 4.90 Å². The minimum atomic E-state index is -0.461. The number of carbonyl (C=O) groups excluding carboxylic acids is 3. The molecule has 1 unspecified atom stereocenters. The molecule has 1 fully saturated rings. The molecule has 6 heteroatoms. The molecule has 0 bridgehead atoms. The van der Waals surface area contributed by atoms with Gasteiger partial charge in [-0.25, -0.2) is 4.79 Å². The van der Waals surface area contributed by atoms with E-state index in [0.29, 0.717) is 17.8 Å². The van der Waals surface area contributed by atoms with Crippen molar-refractivity contribution in [2.75, 3.05) is 24.6 Å². The van der Waals surface area contributed by atoms with E-state index in [0.717, 1.165) is 12.8 Å². The maximum Gasteiger partial charge on any atom is 0.340 e. The third kappa shape index (κ3) is 4.13. The number of para-hydroxylation sites is 1. The summed E-state index contributed by atoms with van der Waals surface area (Å²) in [5.41, 5.74) is 0.851. The lowest BCUT2D eigenvalue weighted by molar-refractivity contribution is -0.126. The molecular weight excluding hydrogens is 308 g/mol. The number of unbranched alkanes of at least 4 members (excludes halogenated alkanes) is 1. The highest BCUT2D eigenvalue weighted by molar-refractivity contribution is 6.05. The van der Waals surface area contributed by atoms with Crippen LogP contribution in [-0.2, 0) is 14.3 Å². The van der Waals surface area contributed by atoms with Gasteiger partial charge in [0.15, 0.2) is 0 Å². The Balaban J connectivity index is 2.12. The number of amides is 2. The molecule has 1 atom stereocenters. The van der Waals surface area contributed by atoms with Crippen LogP contribution >= 0.6 is 0 Å². The average Bonchev–Trinajstić information content (AvgIpc) is 2.97. The first-order valence-corrected chi connectivity index (χ1v) is 8.42. The molecule has 2 rings (SSSR count). The topological polar surface area (TPSA) is 75.7 Å². The number of hydrogen-bond acceptors (Lipinski definition) is 4. The van der Waals surface area contributed by atoms with Crippen LogP contribution in [0.15, 0.2) is 24.3 Å². The van der Waals surface area contributed by atoms with Crippen LogP contribution < -0.4 is 10.2 Å². The zero-order valence-electron chi connectivity index (χ0n) is 14.2. The Morgan fingerprint density at radius 1 is 1.29 bits per heavy atom. The maximum absolute atomic E-state index is 12.3. The number of ether oxygens (including phenoxy) is 1. The zero-order valence-corrected chi connectivity index (χ0v) is 14.2. The van der Waals surface area contributed by atoms with Gasteiger partial charge in [-0.15, -0.1) is 0 Å². The van der Waals surface area contributed by atoms with E-state index >= 15 is 0 Å². The molecule has 0 radical (unpaired) electrons. The molecule has 6 nitrogen and oxygen atoms in total. The number of carbonyl (C=O) groups is 3. The van der Waals surface area contributed by atoms with Crippen LogP contribution in [0.1, 0.15) is 43.5 Å². The molecule has 1 aliphatic rings. The third-order valence-corrected chi connectivity index (χ3v) is 4.02. The molecule has 1 saturated heterocycles. The van der Waals surface area contributed by atoms with E-state index in [2.05, 4.69) is 12.2 Å². The highest BCUT2D eigenvalue weighted by Crippen LogP contribution is 2.28. The molecule has 1 heterocycles. The molecule has 24 heavy (non-hydrogen) atoms. The molecule has 0 aliphatic carbocycles. The van der Waals surface area contributed by atoms with Gasteiger partial charge in [-0.3, -0.25) is 9.59 Å². The van der Waals surface area contributed by atoms with E-state index in [-0.39, 0.29) is 37.3 Å². The Bertz CT molecular complexity index is 615. The van der Waals surface area contributed by atoms with Gasteiger partial charge in [0.2, 0.25) is 11.8 Å². The van der Waals surface area contributed by atoms with Crippen molar-refractivity contribution < 1.29 is 19.1 Å². The molecule has 0 aromatic heterocycles. The number of anilines is 1. The number of nitrogens with zero attached hydrogens (tertiary/aromatic N) is 1. The van der Waals surface area contributed by atoms with Crippen LogP contribution in [0.5, 0.6) is 0 Å². The van der Waals surface area contributed by atoms with Crippen molar-refractivity contribution in [1.29, 1.82) is 0 Å². The van der Waals surface area contributed by atoms with Gasteiger partial charge in [0, 0.05) is 19.5 Å². The van der Waals surface area contributed by atoms with Crippen molar-refractivity contribution >= 4 is 23.5 Å². The molecule has 1 aliphatic heterocycles. The zero-order chi connectivity index (χ0) is 17.5. The number of rotatable bonds is 7. The fourth-order valence-corrected chi connectivity index (χ4v) is 2.74. The van der Waals surface area contributed by atoms with E-state index < -0.39 is 5.97 Å². The van der Waals surface area contributed by atoms with Crippen LogP contribution in [-0.4, -0.2) is 37.5 Å². The fourth-order valence-electron chi connectivity index (χ4n) is 2.74. The summed E-state index contributed by atoms with van der Waals surface area (Å²) in [5, 5.41) is 2.87. The summed E-state index contributed by atoms with van der Waals surface area (Å²) >= 11 is 0.